The molecule has 19 heavy (non-hydrogen) atoms. The third kappa shape index (κ3) is 2.34. The molecule has 0 unspecified atom stereocenters. The number of halogens is 1. The Labute approximate surface area is 111 Å². The van der Waals surface area contributed by atoms with E-state index < -0.39 is 0 Å². The standard InChI is InChI=1S/C17H14FN/c1-11-7-12(2)9-14(8-11)17-5-3-13-10-15(18)4-6-16(13)19-17/h3-10H,1-2H3. The van der Waals surface area contributed by atoms with Crippen LogP contribution in [-0.2, 0) is 0 Å². The molecule has 0 aliphatic heterocycles. The number of hydrogen-bond acceptors (Lipinski definition) is 1. The van der Waals surface area contributed by atoms with Crippen LogP contribution in [0.15, 0.2) is 48.5 Å². The van der Waals surface area contributed by atoms with Gasteiger partial charge in [-0.3, -0.25) is 0 Å². The van der Waals surface area contributed by atoms with Gasteiger partial charge in [0.2, 0.25) is 0 Å². The van der Waals surface area contributed by atoms with Crippen molar-refractivity contribution in [1.82, 2.24) is 4.98 Å². The molecule has 0 spiro atoms. The molecule has 0 aliphatic carbocycles. The largest absolute Gasteiger partial charge is 0.248 e. The molecule has 0 atom stereocenters. The average Bonchev–Trinajstić information content (AvgIpc) is 2.37. The Kier molecular flexibility index (Phi) is 2.79. The van der Waals surface area contributed by atoms with E-state index in [1.54, 1.807) is 6.07 Å². The Hall–Kier alpha value is -2.22. The lowest BCUT2D eigenvalue weighted by molar-refractivity contribution is 0.629. The monoisotopic (exact) mass is 251 g/mol. The summed E-state index contributed by atoms with van der Waals surface area (Å²) in [4.78, 5) is 4.60. The van der Waals surface area contributed by atoms with Gasteiger partial charge < -0.3 is 0 Å². The lowest BCUT2D eigenvalue weighted by Gasteiger charge is -2.06. The van der Waals surface area contributed by atoms with Crippen LogP contribution in [0.3, 0.4) is 0 Å². The Morgan fingerprint density at radius 2 is 1.58 bits per heavy atom. The molecule has 3 aromatic rings. The number of aromatic nitrogens is 1. The molecule has 0 radical (unpaired) electrons. The fourth-order valence-corrected chi connectivity index (χ4v) is 2.38. The van der Waals surface area contributed by atoms with Gasteiger partial charge in [-0.1, -0.05) is 23.3 Å². The molecule has 1 nitrogen and oxygen atoms in total. The van der Waals surface area contributed by atoms with E-state index in [1.165, 1.54) is 23.3 Å². The minimum Gasteiger partial charge on any atom is -0.248 e. The van der Waals surface area contributed by atoms with Crippen LogP contribution in [0.2, 0.25) is 0 Å². The van der Waals surface area contributed by atoms with Crippen molar-refractivity contribution >= 4 is 10.9 Å². The minimum absolute atomic E-state index is 0.228. The van der Waals surface area contributed by atoms with E-state index in [9.17, 15) is 4.39 Å². The molecule has 94 valence electrons. The van der Waals surface area contributed by atoms with E-state index in [0.717, 1.165) is 22.2 Å². The molecular weight excluding hydrogens is 237 g/mol. The lowest BCUT2D eigenvalue weighted by Crippen LogP contribution is -1.88. The summed E-state index contributed by atoms with van der Waals surface area (Å²) in [7, 11) is 0. The molecule has 0 fully saturated rings. The maximum absolute atomic E-state index is 13.1. The third-order valence-corrected chi connectivity index (χ3v) is 3.17. The van der Waals surface area contributed by atoms with Gasteiger partial charge >= 0.3 is 0 Å². The molecule has 1 heterocycles. The van der Waals surface area contributed by atoms with Crippen LogP contribution in [0.4, 0.5) is 4.39 Å². The lowest BCUT2D eigenvalue weighted by atomic mass is 10.0. The summed E-state index contributed by atoms with van der Waals surface area (Å²) >= 11 is 0. The smallest absolute Gasteiger partial charge is 0.123 e. The van der Waals surface area contributed by atoms with Gasteiger partial charge in [0.15, 0.2) is 0 Å². The highest BCUT2D eigenvalue weighted by atomic mass is 19.1. The molecular formula is C17H14FN. The molecule has 0 bridgehead atoms. The van der Waals surface area contributed by atoms with Crippen molar-refractivity contribution in [3.8, 4) is 11.3 Å². The van der Waals surface area contributed by atoms with Gasteiger partial charge in [0.1, 0.15) is 5.82 Å². The summed E-state index contributed by atoms with van der Waals surface area (Å²) in [5, 5.41) is 0.827. The molecule has 3 rings (SSSR count). The predicted octanol–water partition coefficient (Wildman–Crippen LogP) is 4.66. The van der Waals surface area contributed by atoms with E-state index in [1.807, 2.05) is 12.1 Å². The maximum atomic E-state index is 13.1. The van der Waals surface area contributed by atoms with Gasteiger partial charge in [-0.15, -0.1) is 0 Å². The fourth-order valence-electron chi connectivity index (χ4n) is 2.38. The normalized spacial score (nSPS) is 10.9. The Morgan fingerprint density at radius 1 is 0.842 bits per heavy atom. The third-order valence-electron chi connectivity index (χ3n) is 3.17. The topological polar surface area (TPSA) is 12.9 Å². The Bertz CT molecular complexity index is 742. The van der Waals surface area contributed by atoms with Crippen molar-refractivity contribution < 1.29 is 4.39 Å². The highest BCUT2D eigenvalue weighted by molar-refractivity contribution is 5.81. The van der Waals surface area contributed by atoms with Gasteiger partial charge in [-0.25, -0.2) is 9.37 Å². The molecule has 0 aliphatic rings. The van der Waals surface area contributed by atoms with Crippen molar-refractivity contribution in [1.29, 1.82) is 0 Å². The van der Waals surface area contributed by atoms with Crippen molar-refractivity contribution in [2.45, 2.75) is 13.8 Å². The summed E-state index contributed by atoms with van der Waals surface area (Å²) in [5.41, 5.74) is 5.28. The van der Waals surface area contributed by atoms with Crippen molar-refractivity contribution in [3.05, 3.63) is 65.5 Å². The summed E-state index contributed by atoms with van der Waals surface area (Å²) in [6.45, 7) is 4.15. The van der Waals surface area contributed by atoms with Crippen LogP contribution in [0.5, 0.6) is 0 Å². The van der Waals surface area contributed by atoms with Crippen molar-refractivity contribution in [2.75, 3.05) is 0 Å². The van der Waals surface area contributed by atoms with Gasteiger partial charge in [0.05, 0.1) is 11.2 Å². The highest BCUT2D eigenvalue weighted by Crippen LogP contribution is 2.23. The molecule has 1 aromatic heterocycles. The number of fused-ring (bicyclic) bond motifs is 1. The number of pyridine rings is 1. The first kappa shape index (κ1) is 11.8. The molecule has 2 heteroatoms. The average molecular weight is 251 g/mol. The minimum atomic E-state index is -0.228. The van der Waals surface area contributed by atoms with E-state index in [0.29, 0.717) is 0 Å². The van der Waals surface area contributed by atoms with Crippen molar-refractivity contribution in [3.63, 3.8) is 0 Å². The van der Waals surface area contributed by atoms with Crippen molar-refractivity contribution in [2.24, 2.45) is 0 Å². The van der Waals surface area contributed by atoms with E-state index in [4.69, 9.17) is 0 Å². The summed E-state index contributed by atoms with van der Waals surface area (Å²) in [6, 6.07) is 14.9. The number of nitrogens with zero attached hydrogens (tertiary/aromatic N) is 1. The Balaban J connectivity index is 2.17. The van der Waals surface area contributed by atoms with Gasteiger partial charge in [-0.05, 0) is 50.2 Å². The van der Waals surface area contributed by atoms with Crippen LogP contribution in [0, 0.1) is 19.7 Å². The van der Waals surface area contributed by atoms with Crippen LogP contribution in [0.25, 0.3) is 22.2 Å². The second-order valence-electron chi connectivity index (χ2n) is 4.91. The highest BCUT2D eigenvalue weighted by Gasteiger charge is 2.03. The van der Waals surface area contributed by atoms with Crippen LogP contribution >= 0.6 is 0 Å². The molecule has 0 N–H and O–H groups in total. The zero-order valence-corrected chi connectivity index (χ0v) is 10.9. The molecule has 0 saturated heterocycles. The van der Waals surface area contributed by atoms with E-state index in [2.05, 4.69) is 37.0 Å². The van der Waals surface area contributed by atoms with E-state index in [-0.39, 0.29) is 5.82 Å². The van der Waals surface area contributed by atoms with Crippen LogP contribution in [0.1, 0.15) is 11.1 Å². The van der Waals surface area contributed by atoms with Crippen LogP contribution < -0.4 is 0 Å². The Morgan fingerprint density at radius 3 is 2.32 bits per heavy atom. The molecule has 0 saturated carbocycles. The number of benzene rings is 2. The zero-order valence-electron chi connectivity index (χ0n) is 10.9. The molecule has 0 amide bonds. The van der Waals surface area contributed by atoms with E-state index >= 15 is 0 Å². The van der Waals surface area contributed by atoms with Gasteiger partial charge in [0.25, 0.3) is 0 Å². The fraction of sp³-hybridized carbons (Fsp3) is 0.118. The number of hydrogen-bond donors (Lipinski definition) is 0. The predicted molar refractivity (Wildman–Crippen MR) is 76.6 cm³/mol. The summed E-state index contributed by atoms with van der Waals surface area (Å²) < 4.78 is 13.1. The first-order valence-corrected chi connectivity index (χ1v) is 6.27. The maximum Gasteiger partial charge on any atom is 0.123 e. The summed E-state index contributed by atoms with van der Waals surface area (Å²) in [6.07, 6.45) is 0. The first-order chi connectivity index (χ1) is 9.11. The first-order valence-electron chi connectivity index (χ1n) is 6.27. The zero-order chi connectivity index (χ0) is 13.4. The van der Waals surface area contributed by atoms with Crippen LogP contribution in [-0.4, -0.2) is 4.98 Å². The molecule has 2 aromatic carbocycles. The van der Waals surface area contributed by atoms with Gasteiger partial charge in [-0.2, -0.15) is 0 Å². The number of rotatable bonds is 1. The second-order valence-corrected chi connectivity index (χ2v) is 4.91. The quantitative estimate of drug-likeness (QED) is 0.613. The summed E-state index contributed by atoms with van der Waals surface area (Å²) in [5.74, 6) is -0.228. The second kappa shape index (κ2) is 4.47. The van der Waals surface area contributed by atoms with Gasteiger partial charge in [0, 0.05) is 10.9 Å². The SMILES string of the molecule is Cc1cc(C)cc(-c2ccc3cc(F)ccc3n2)c1. The number of aryl methyl sites for hydroxylation is 2.